The van der Waals surface area contributed by atoms with Gasteiger partial charge in [0.1, 0.15) is 0 Å². The number of para-hydroxylation sites is 1. The van der Waals surface area contributed by atoms with E-state index < -0.39 is 42.1 Å². The van der Waals surface area contributed by atoms with Crippen molar-refractivity contribution >= 4 is 38.8 Å². The molecule has 37 heavy (non-hydrogen) atoms. The minimum Gasteiger partial charge on any atom is -0.402 e. The summed E-state index contributed by atoms with van der Waals surface area (Å²) >= 11 is 6.07. The first-order valence-corrected chi connectivity index (χ1v) is 12.2. The largest absolute Gasteiger partial charge is 0.402 e. The molecule has 12 nitrogen and oxygen atoms in total. The number of ether oxygens (including phenoxy) is 1. The smallest absolute Gasteiger partial charge is 0.346 e. The average Bonchev–Trinajstić information content (AvgIpc) is 3.20. The molecular weight excluding hydrogens is 528 g/mol. The van der Waals surface area contributed by atoms with Crippen LogP contribution in [0.5, 0.6) is 5.88 Å². The highest BCUT2D eigenvalue weighted by Crippen LogP contribution is 2.36. The summed E-state index contributed by atoms with van der Waals surface area (Å²) in [6, 6.07) is 15.5. The van der Waals surface area contributed by atoms with Gasteiger partial charge in [-0.3, -0.25) is 20.2 Å². The molecule has 0 radical (unpaired) electrons. The number of carbonyl (C=O) groups excluding carboxylic acids is 1. The summed E-state index contributed by atoms with van der Waals surface area (Å²) in [6.45, 7) is 1.38. The predicted octanol–water partition coefficient (Wildman–Crippen LogP) is 4.70. The molecule has 14 heteroatoms. The molecule has 1 heterocycles. The van der Waals surface area contributed by atoms with Gasteiger partial charge in [0.25, 0.3) is 11.4 Å². The van der Waals surface area contributed by atoms with Crippen LogP contribution in [0.3, 0.4) is 0 Å². The van der Waals surface area contributed by atoms with E-state index in [0.29, 0.717) is 5.69 Å². The molecule has 4 aromatic rings. The second kappa shape index (κ2) is 9.79. The number of carbonyl (C=O) groups is 1. The predicted molar refractivity (Wildman–Crippen MR) is 130 cm³/mol. The molecule has 1 aromatic heterocycles. The van der Waals surface area contributed by atoms with Crippen molar-refractivity contribution in [2.45, 2.75) is 16.7 Å². The first-order chi connectivity index (χ1) is 17.5. The summed E-state index contributed by atoms with van der Waals surface area (Å²) in [6.07, 6.45) is 0. The van der Waals surface area contributed by atoms with E-state index in [2.05, 4.69) is 5.10 Å². The molecule has 0 amide bonds. The van der Waals surface area contributed by atoms with Gasteiger partial charge < -0.3 is 4.74 Å². The lowest BCUT2D eigenvalue weighted by Gasteiger charge is -2.11. The number of aryl methyl sites for hydroxylation is 1. The monoisotopic (exact) mass is 542 g/mol. The van der Waals surface area contributed by atoms with Gasteiger partial charge in [0.2, 0.25) is 15.7 Å². The number of nitrogens with zero attached hydrogens (tertiary/aromatic N) is 4. The quantitative estimate of drug-likeness (QED) is 0.183. The summed E-state index contributed by atoms with van der Waals surface area (Å²) in [5.74, 6) is -1.65. The highest BCUT2D eigenvalue weighted by atomic mass is 35.5. The molecule has 0 aliphatic heterocycles. The molecule has 0 saturated heterocycles. The third-order valence-corrected chi connectivity index (χ3v) is 7.39. The van der Waals surface area contributed by atoms with Crippen molar-refractivity contribution in [3.8, 4) is 11.6 Å². The standard InChI is InChI=1S/C23H15ClN4O8S/c1-14-21(37(34,35)18-10-7-16(8-11-18)27(30)31)22(26(25-14)15-5-3-2-4-6-15)36-23(29)19-13-17(28(32)33)9-12-20(19)24/h2-13H,1H3. The number of benzene rings is 3. The normalized spacial score (nSPS) is 11.2. The van der Waals surface area contributed by atoms with Crippen LogP contribution in [0.4, 0.5) is 11.4 Å². The molecule has 0 aliphatic carbocycles. The Labute approximate surface area is 213 Å². The van der Waals surface area contributed by atoms with Crippen molar-refractivity contribution in [1.82, 2.24) is 9.78 Å². The zero-order valence-electron chi connectivity index (χ0n) is 18.8. The van der Waals surface area contributed by atoms with Crippen LogP contribution in [0.2, 0.25) is 5.02 Å². The Bertz CT molecular complexity index is 1650. The molecule has 188 valence electrons. The van der Waals surface area contributed by atoms with Crippen molar-refractivity contribution in [2.75, 3.05) is 0 Å². The van der Waals surface area contributed by atoms with Crippen LogP contribution in [-0.4, -0.2) is 34.0 Å². The summed E-state index contributed by atoms with van der Waals surface area (Å²) in [4.78, 5) is 33.1. The van der Waals surface area contributed by atoms with E-state index >= 15 is 0 Å². The highest BCUT2D eigenvalue weighted by molar-refractivity contribution is 7.91. The van der Waals surface area contributed by atoms with Crippen LogP contribution >= 0.6 is 11.6 Å². The topological polar surface area (TPSA) is 165 Å². The molecule has 0 bridgehead atoms. The number of hydrogen-bond donors (Lipinski definition) is 0. The van der Waals surface area contributed by atoms with E-state index in [1.54, 1.807) is 30.3 Å². The maximum absolute atomic E-state index is 13.6. The van der Waals surface area contributed by atoms with Gasteiger partial charge in [-0.05, 0) is 37.3 Å². The number of halogens is 1. The lowest BCUT2D eigenvalue weighted by atomic mass is 10.2. The van der Waals surface area contributed by atoms with E-state index in [0.717, 1.165) is 47.1 Å². The minimum atomic E-state index is -4.41. The van der Waals surface area contributed by atoms with E-state index in [1.165, 1.54) is 6.92 Å². The van der Waals surface area contributed by atoms with Crippen molar-refractivity contribution in [3.05, 3.63) is 109 Å². The van der Waals surface area contributed by atoms with E-state index in [4.69, 9.17) is 16.3 Å². The van der Waals surface area contributed by atoms with Crippen molar-refractivity contribution in [2.24, 2.45) is 0 Å². The number of sulfone groups is 1. The van der Waals surface area contributed by atoms with Crippen LogP contribution in [0.15, 0.2) is 82.6 Å². The SMILES string of the molecule is Cc1nn(-c2ccccc2)c(OC(=O)c2cc([N+](=O)[O-])ccc2Cl)c1S(=O)(=O)c1ccc([N+](=O)[O-])cc1. The molecule has 0 atom stereocenters. The Kier molecular flexibility index (Phi) is 6.74. The number of hydrogen-bond acceptors (Lipinski definition) is 9. The van der Waals surface area contributed by atoms with E-state index in [-0.39, 0.29) is 26.9 Å². The van der Waals surface area contributed by atoms with Crippen molar-refractivity contribution < 1.29 is 27.8 Å². The van der Waals surface area contributed by atoms with Gasteiger partial charge >= 0.3 is 5.97 Å². The van der Waals surface area contributed by atoms with Crippen LogP contribution in [0.25, 0.3) is 5.69 Å². The first kappa shape index (κ1) is 25.5. The summed E-state index contributed by atoms with van der Waals surface area (Å²) in [7, 11) is -4.41. The number of nitro groups is 2. The van der Waals surface area contributed by atoms with Crippen molar-refractivity contribution in [3.63, 3.8) is 0 Å². The van der Waals surface area contributed by atoms with Gasteiger partial charge in [-0.15, -0.1) is 0 Å². The van der Waals surface area contributed by atoms with Crippen LogP contribution in [0, 0.1) is 27.2 Å². The fraction of sp³-hybridized carbons (Fsp3) is 0.0435. The third kappa shape index (κ3) is 4.90. The van der Waals surface area contributed by atoms with E-state index in [1.807, 2.05) is 0 Å². The fourth-order valence-electron chi connectivity index (χ4n) is 3.43. The molecule has 0 unspecified atom stereocenters. The number of non-ortho nitro benzene ring substituents is 2. The molecule has 0 aliphatic rings. The molecule has 4 rings (SSSR count). The Morgan fingerprint density at radius 2 is 1.54 bits per heavy atom. The Morgan fingerprint density at radius 3 is 2.14 bits per heavy atom. The molecular formula is C23H15ClN4O8S. The summed E-state index contributed by atoms with van der Waals surface area (Å²) in [5.41, 5.74) is -0.794. The van der Waals surface area contributed by atoms with Gasteiger partial charge in [0.05, 0.1) is 36.7 Å². The Balaban J connectivity index is 1.89. The van der Waals surface area contributed by atoms with E-state index in [9.17, 15) is 33.4 Å². The van der Waals surface area contributed by atoms with Gasteiger partial charge in [-0.1, -0.05) is 29.8 Å². The number of aromatic nitrogens is 2. The first-order valence-electron chi connectivity index (χ1n) is 10.3. The maximum atomic E-state index is 13.6. The fourth-order valence-corrected chi connectivity index (χ4v) is 5.14. The Morgan fingerprint density at radius 1 is 0.946 bits per heavy atom. The van der Waals surface area contributed by atoms with Crippen molar-refractivity contribution in [1.29, 1.82) is 0 Å². The maximum Gasteiger partial charge on any atom is 0.346 e. The van der Waals surface area contributed by atoms with Crippen LogP contribution in [-0.2, 0) is 9.84 Å². The van der Waals surface area contributed by atoms with Gasteiger partial charge in [-0.2, -0.15) is 9.78 Å². The third-order valence-electron chi connectivity index (χ3n) is 5.16. The zero-order chi connectivity index (χ0) is 26.9. The van der Waals surface area contributed by atoms with Crippen LogP contribution < -0.4 is 4.74 Å². The second-order valence-electron chi connectivity index (χ2n) is 7.53. The minimum absolute atomic E-state index is 0.0323. The molecule has 0 spiro atoms. The molecule has 0 saturated carbocycles. The molecule has 0 N–H and O–H groups in total. The summed E-state index contributed by atoms with van der Waals surface area (Å²) in [5, 5.41) is 26.2. The lowest BCUT2D eigenvalue weighted by molar-refractivity contribution is -0.385. The van der Waals surface area contributed by atoms with Crippen LogP contribution in [0.1, 0.15) is 16.1 Å². The molecule has 0 fully saturated rings. The van der Waals surface area contributed by atoms with Gasteiger partial charge in [-0.25, -0.2) is 13.2 Å². The average molecular weight is 543 g/mol. The summed E-state index contributed by atoms with van der Waals surface area (Å²) < 4.78 is 33.8. The van der Waals surface area contributed by atoms with Gasteiger partial charge in [0.15, 0.2) is 4.90 Å². The second-order valence-corrected chi connectivity index (χ2v) is 9.83. The number of rotatable bonds is 7. The number of esters is 1. The zero-order valence-corrected chi connectivity index (χ0v) is 20.3. The lowest BCUT2D eigenvalue weighted by Crippen LogP contribution is -2.15. The number of nitro benzene ring substituents is 2. The van der Waals surface area contributed by atoms with Gasteiger partial charge in [0, 0.05) is 24.3 Å². The highest BCUT2D eigenvalue weighted by Gasteiger charge is 2.33. The Hall–Kier alpha value is -4.62. The molecule has 3 aromatic carbocycles.